The molecule has 0 radical (unpaired) electrons. The molecule has 1 N–H and O–H groups in total. The van der Waals surface area contributed by atoms with Crippen molar-refractivity contribution in [3.05, 3.63) is 23.8 Å². The van der Waals surface area contributed by atoms with Crippen LogP contribution in [0.1, 0.15) is 18.4 Å². The molecule has 0 saturated carbocycles. The second-order valence-electron chi connectivity index (χ2n) is 4.89. The normalized spacial score (nSPS) is 17.3. The first kappa shape index (κ1) is 12.0. The van der Waals surface area contributed by atoms with Crippen LogP contribution in [0.2, 0.25) is 0 Å². The highest BCUT2D eigenvalue weighted by molar-refractivity contribution is 5.95. The number of rotatable bonds is 3. The molecular weight excluding hydrogens is 244 g/mol. The predicted molar refractivity (Wildman–Crippen MR) is 70.1 cm³/mol. The van der Waals surface area contributed by atoms with E-state index >= 15 is 0 Å². The van der Waals surface area contributed by atoms with E-state index in [9.17, 15) is 9.59 Å². The Kier molecular flexibility index (Phi) is 3.11. The van der Waals surface area contributed by atoms with E-state index in [1.807, 2.05) is 18.2 Å². The molecule has 1 saturated heterocycles. The van der Waals surface area contributed by atoms with E-state index in [-0.39, 0.29) is 18.4 Å². The Bertz CT molecular complexity index is 527. The monoisotopic (exact) mass is 260 g/mol. The standard InChI is InChI=1S/C14H16N2O3/c17-13(9-16-6-1-2-14(16)18)15-11-3-4-12-10(8-11)5-7-19-12/h3-4,8H,1-2,5-7,9H2,(H,15,17). The molecule has 0 spiro atoms. The molecule has 5 heteroatoms. The Morgan fingerprint density at radius 2 is 2.26 bits per heavy atom. The third kappa shape index (κ3) is 2.54. The highest BCUT2D eigenvalue weighted by Crippen LogP contribution is 2.27. The first-order chi connectivity index (χ1) is 9.22. The van der Waals surface area contributed by atoms with E-state index < -0.39 is 0 Å². The molecule has 0 bridgehead atoms. The number of hydrogen-bond donors (Lipinski definition) is 1. The van der Waals surface area contributed by atoms with Gasteiger partial charge in [-0.3, -0.25) is 9.59 Å². The zero-order valence-corrected chi connectivity index (χ0v) is 10.6. The van der Waals surface area contributed by atoms with E-state index in [1.165, 1.54) is 0 Å². The summed E-state index contributed by atoms with van der Waals surface area (Å²) in [4.78, 5) is 24.9. The zero-order valence-electron chi connectivity index (χ0n) is 10.6. The van der Waals surface area contributed by atoms with E-state index in [4.69, 9.17) is 4.74 Å². The van der Waals surface area contributed by atoms with Crippen LogP contribution in [-0.2, 0) is 16.0 Å². The lowest BCUT2D eigenvalue weighted by Gasteiger charge is -2.15. The number of nitrogens with one attached hydrogen (secondary N) is 1. The van der Waals surface area contributed by atoms with Crippen molar-refractivity contribution in [3.63, 3.8) is 0 Å². The summed E-state index contributed by atoms with van der Waals surface area (Å²) in [6, 6.07) is 5.64. The van der Waals surface area contributed by atoms with Crippen LogP contribution in [-0.4, -0.2) is 36.4 Å². The van der Waals surface area contributed by atoms with Crippen molar-refractivity contribution in [1.82, 2.24) is 4.90 Å². The minimum atomic E-state index is -0.144. The lowest BCUT2D eigenvalue weighted by Crippen LogP contribution is -2.33. The van der Waals surface area contributed by atoms with Crippen molar-refractivity contribution in [2.75, 3.05) is 25.0 Å². The third-order valence-electron chi connectivity index (χ3n) is 3.48. The van der Waals surface area contributed by atoms with Gasteiger partial charge in [0.1, 0.15) is 5.75 Å². The summed E-state index contributed by atoms with van der Waals surface area (Å²) >= 11 is 0. The van der Waals surface area contributed by atoms with Crippen molar-refractivity contribution < 1.29 is 14.3 Å². The number of carbonyl (C=O) groups is 2. The van der Waals surface area contributed by atoms with Crippen LogP contribution in [0.5, 0.6) is 5.75 Å². The average Bonchev–Trinajstić information content (AvgIpc) is 2.98. The zero-order chi connectivity index (χ0) is 13.2. The number of anilines is 1. The Morgan fingerprint density at radius 1 is 1.37 bits per heavy atom. The van der Waals surface area contributed by atoms with Crippen LogP contribution < -0.4 is 10.1 Å². The molecule has 19 heavy (non-hydrogen) atoms. The minimum absolute atomic E-state index is 0.0671. The van der Waals surface area contributed by atoms with Gasteiger partial charge in [-0.1, -0.05) is 0 Å². The van der Waals surface area contributed by atoms with Crippen molar-refractivity contribution in [3.8, 4) is 5.75 Å². The van der Waals surface area contributed by atoms with Gasteiger partial charge in [0.15, 0.2) is 0 Å². The average molecular weight is 260 g/mol. The van der Waals surface area contributed by atoms with Crippen LogP contribution in [0.4, 0.5) is 5.69 Å². The van der Waals surface area contributed by atoms with Crippen LogP contribution in [0.15, 0.2) is 18.2 Å². The summed E-state index contributed by atoms with van der Waals surface area (Å²) in [6.07, 6.45) is 2.29. The number of ether oxygens (including phenoxy) is 1. The van der Waals surface area contributed by atoms with Crippen LogP contribution in [0.25, 0.3) is 0 Å². The quantitative estimate of drug-likeness (QED) is 0.888. The molecule has 0 aromatic heterocycles. The molecule has 5 nitrogen and oxygen atoms in total. The number of nitrogens with zero attached hydrogens (tertiary/aromatic N) is 1. The van der Waals surface area contributed by atoms with Gasteiger partial charge in [0.25, 0.3) is 0 Å². The molecule has 100 valence electrons. The molecule has 2 amide bonds. The minimum Gasteiger partial charge on any atom is -0.493 e. The highest BCUT2D eigenvalue weighted by atomic mass is 16.5. The van der Waals surface area contributed by atoms with Crippen LogP contribution >= 0.6 is 0 Å². The Morgan fingerprint density at radius 3 is 3.05 bits per heavy atom. The molecule has 0 atom stereocenters. The smallest absolute Gasteiger partial charge is 0.243 e. The fourth-order valence-electron chi connectivity index (χ4n) is 2.51. The first-order valence-electron chi connectivity index (χ1n) is 6.56. The lowest BCUT2D eigenvalue weighted by molar-refractivity contribution is -0.131. The van der Waals surface area contributed by atoms with Crippen LogP contribution in [0.3, 0.4) is 0 Å². The second kappa shape index (κ2) is 4.91. The number of hydrogen-bond acceptors (Lipinski definition) is 3. The Balaban J connectivity index is 1.61. The fraction of sp³-hybridized carbons (Fsp3) is 0.429. The maximum absolute atomic E-state index is 11.9. The van der Waals surface area contributed by atoms with Gasteiger partial charge in [0.05, 0.1) is 13.2 Å². The van der Waals surface area contributed by atoms with E-state index in [1.54, 1.807) is 4.90 Å². The number of fused-ring (bicyclic) bond motifs is 1. The fourth-order valence-corrected chi connectivity index (χ4v) is 2.51. The summed E-state index contributed by atoms with van der Waals surface area (Å²) in [5, 5.41) is 2.83. The summed E-state index contributed by atoms with van der Waals surface area (Å²) in [5.41, 5.74) is 1.89. The maximum Gasteiger partial charge on any atom is 0.243 e. The second-order valence-corrected chi connectivity index (χ2v) is 4.89. The molecule has 1 aromatic carbocycles. The molecule has 2 aliphatic rings. The van der Waals surface area contributed by atoms with Gasteiger partial charge in [0, 0.05) is 25.1 Å². The molecule has 2 aliphatic heterocycles. The number of carbonyl (C=O) groups excluding carboxylic acids is 2. The first-order valence-corrected chi connectivity index (χ1v) is 6.56. The van der Waals surface area contributed by atoms with Gasteiger partial charge in [-0.15, -0.1) is 0 Å². The molecule has 0 unspecified atom stereocenters. The SMILES string of the molecule is O=C(CN1CCCC1=O)Nc1ccc2c(c1)CCO2. The summed E-state index contributed by atoms with van der Waals surface area (Å²) in [5.74, 6) is 0.819. The topological polar surface area (TPSA) is 58.6 Å². The maximum atomic E-state index is 11.9. The van der Waals surface area contributed by atoms with Gasteiger partial charge < -0.3 is 15.0 Å². The molecule has 2 heterocycles. The van der Waals surface area contributed by atoms with Gasteiger partial charge in [0.2, 0.25) is 11.8 Å². The lowest BCUT2D eigenvalue weighted by atomic mass is 10.1. The van der Waals surface area contributed by atoms with E-state index in [0.717, 1.165) is 29.8 Å². The molecule has 0 aliphatic carbocycles. The van der Waals surface area contributed by atoms with Crippen molar-refractivity contribution >= 4 is 17.5 Å². The summed E-state index contributed by atoms with van der Waals surface area (Å²) < 4.78 is 5.41. The number of likely N-dealkylation sites (tertiary alicyclic amines) is 1. The number of benzene rings is 1. The Labute approximate surface area is 111 Å². The van der Waals surface area contributed by atoms with E-state index in [0.29, 0.717) is 19.6 Å². The molecule has 1 fully saturated rings. The van der Waals surface area contributed by atoms with Gasteiger partial charge in [-0.25, -0.2) is 0 Å². The van der Waals surface area contributed by atoms with Crippen molar-refractivity contribution in [1.29, 1.82) is 0 Å². The van der Waals surface area contributed by atoms with Gasteiger partial charge >= 0.3 is 0 Å². The third-order valence-corrected chi connectivity index (χ3v) is 3.48. The molecular formula is C14H16N2O3. The van der Waals surface area contributed by atoms with Crippen molar-refractivity contribution in [2.45, 2.75) is 19.3 Å². The highest BCUT2D eigenvalue weighted by Gasteiger charge is 2.22. The molecule has 1 aromatic rings. The Hall–Kier alpha value is -2.04. The number of amides is 2. The van der Waals surface area contributed by atoms with Gasteiger partial charge in [-0.05, 0) is 30.2 Å². The van der Waals surface area contributed by atoms with Crippen molar-refractivity contribution in [2.24, 2.45) is 0 Å². The van der Waals surface area contributed by atoms with E-state index in [2.05, 4.69) is 5.32 Å². The largest absolute Gasteiger partial charge is 0.493 e. The van der Waals surface area contributed by atoms with Gasteiger partial charge in [-0.2, -0.15) is 0 Å². The summed E-state index contributed by atoms with van der Waals surface area (Å²) in [7, 11) is 0. The predicted octanol–water partition coefficient (Wildman–Crippen LogP) is 1.18. The molecule has 3 rings (SSSR count). The van der Waals surface area contributed by atoms with Crippen LogP contribution in [0, 0.1) is 0 Å². The summed E-state index contributed by atoms with van der Waals surface area (Å²) in [6.45, 7) is 1.53.